The summed E-state index contributed by atoms with van der Waals surface area (Å²) in [6.45, 7) is 29.4. The Bertz CT molecular complexity index is 3490. The fourth-order valence-corrected chi connectivity index (χ4v) is 13.4. The van der Waals surface area contributed by atoms with Crippen molar-refractivity contribution in [2.24, 2.45) is 47.3 Å². The van der Waals surface area contributed by atoms with Gasteiger partial charge in [0.1, 0.15) is 84.4 Å². The number of aromatic nitrogens is 1. The van der Waals surface area contributed by atoms with Crippen LogP contribution in [-0.4, -0.2) is 245 Å². The molecule has 1 aromatic heterocycles. The van der Waals surface area contributed by atoms with E-state index in [0.717, 1.165) is 16.8 Å². The lowest BCUT2D eigenvalue weighted by Crippen LogP contribution is -2.65. The largest absolute Gasteiger partial charge is 0.496 e. The number of H-pyrrole nitrogens is 1. The highest BCUT2D eigenvalue weighted by atomic mass is 16.5. The number of methoxy groups -OCH3 is 1. The number of aromatic amines is 1. The zero-order chi connectivity index (χ0) is 79.8. The molecule has 1 saturated heterocycles. The minimum Gasteiger partial charge on any atom is -0.496 e. The average molecular weight is 1470 g/mol. The summed E-state index contributed by atoms with van der Waals surface area (Å²) in [4.78, 5) is 190. The van der Waals surface area contributed by atoms with Gasteiger partial charge in [-0.15, -0.1) is 0 Å². The normalized spacial score (nSPS) is 24.8. The predicted octanol–water partition coefficient (Wildman–Crippen LogP) is 3.05. The number of amides is 11. The number of esters is 1. The Morgan fingerprint density at radius 3 is 1.52 bits per heavy atom. The molecule has 1 aliphatic heterocycles. The molecule has 0 spiro atoms. The van der Waals surface area contributed by atoms with Crippen molar-refractivity contribution in [3.63, 3.8) is 0 Å². The molecule has 3 aromatic rings. The fraction of sp³-hybridized carbons (Fsp3) is 0.658. The van der Waals surface area contributed by atoms with Crippen molar-refractivity contribution in [3.8, 4) is 5.75 Å². The lowest BCUT2D eigenvalue weighted by atomic mass is 9.94. The van der Waals surface area contributed by atoms with Gasteiger partial charge in [0.15, 0.2) is 0 Å². The molecule has 0 radical (unpaired) electrons. The predicted molar refractivity (Wildman–Crippen MR) is 398 cm³/mol. The van der Waals surface area contributed by atoms with Crippen LogP contribution in [0.2, 0.25) is 0 Å². The summed E-state index contributed by atoms with van der Waals surface area (Å²) < 4.78 is 11.8. The maximum Gasteiger partial charge on any atom is 0.329 e. The molecule has 0 aliphatic carbocycles. The van der Waals surface area contributed by atoms with Gasteiger partial charge in [-0.05, 0) is 105 Å². The van der Waals surface area contributed by atoms with Gasteiger partial charge >= 0.3 is 5.97 Å². The molecule has 15 unspecified atom stereocenters. The number of rotatable bonds is 20. The van der Waals surface area contributed by atoms with Crippen LogP contribution in [0, 0.1) is 47.3 Å². The molecule has 11 amide bonds. The van der Waals surface area contributed by atoms with Gasteiger partial charge < -0.3 is 81.5 Å². The summed E-state index contributed by atoms with van der Waals surface area (Å²) in [5.74, 6) is -15.0. The van der Waals surface area contributed by atoms with Gasteiger partial charge in [0.2, 0.25) is 65.0 Å². The number of nitrogens with one attached hydrogen (secondary N) is 8. The van der Waals surface area contributed by atoms with Crippen molar-refractivity contribution >= 4 is 81.9 Å². The number of cyclic esters (lactones) is 1. The number of ether oxygens (including phenoxy) is 2. The van der Waals surface area contributed by atoms with E-state index in [1.807, 2.05) is 27.7 Å². The van der Waals surface area contributed by atoms with Crippen molar-refractivity contribution in [2.45, 2.75) is 228 Å². The fourth-order valence-electron chi connectivity index (χ4n) is 13.4. The highest BCUT2D eigenvalue weighted by Gasteiger charge is 2.47. The van der Waals surface area contributed by atoms with Crippen LogP contribution < -0.4 is 42.0 Å². The van der Waals surface area contributed by atoms with Crippen molar-refractivity contribution in [1.29, 1.82) is 0 Å². The van der Waals surface area contributed by atoms with Crippen LogP contribution in [0.1, 0.15) is 148 Å². The number of likely N-dealkylation sites (N-methyl/N-ethyl adjacent to an activating group) is 5. The molecule has 1 fully saturated rings. The van der Waals surface area contributed by atoms with E-state index in [9.17, 15) is 29.4 Å². The Kier molecular flexibility index (Phi) is 33.0. The molecule has 4 rings (SSSR count). The molecule has 586 valence electrons. The van der Waals surface area contributed by atoms with Gasteiger partial charge in [0, 0.05) is 51.7 Å². The third kappa shape index (κ3) is 22.4. The van der Waals surface area contributed by atoms with Crippen LogP contribution >= 0.6 is 0 Å². The lowest BCUT2D eigenvalue weighted by molar-refractivity contribution is -0.160. The Labute approximate surface area is 619 Å². The minimum absolute atomic E-state index is 0.0455. The first-order valence-electron chi connectivity index (χ1n) is 36.4. The monoisotopic (exact) mass is 1470 g/mol. The van der Waals surface area contributed by atoms with Gasteiger partial charge in [-0.3, -0.25) is 57.6 Å². The SMILES string of the molecule is COc1cccc2[nH]cc(CC3C(=O)NC(C(C)C)C(=O)NC(C(O)c4ccccc4)C(=O)NC(C(C)C)C(=O)OC(C)C(NC(=O)C(NC(=O)C(C(C)C)N(C)C)C(C)C)C(=O)N(C)C(C(C)O)C(=O)NC(C(C)C)C(=O)N(C)C(CC(C)C)C(=O)NC(C(C)C)C(=O)N(C)C(C(C)C)C(=O)N3C)c12. The Hall–Kier alpha value is -8.70. The Morgan fingerprint density at radius 2 is 1.03 bits per heavy atom. The first kappa shape index (κ1) is 88.7. The van der Waals surface area contributed by atoms with Crippen molar-refractivity contribution in [1.82, 2.24) is 66.7 Å². The number of carbonyl (C=O) groups excluding carboxylic acids is 12. The molecule has 29 heteroatoms. The van der Waals surface area contributed by atoms with Crippen molar-refractivity contribution in [3.05, 3.63) is 65.9 Å². The second kappa shape index (κ2) is 39.1. The maximum atomic E-state index is 15.6. The molecular weight excluding hydrogens is 1350 g/mol. The molecule has 2 aromatic carbocycles. The molecule has 29 nitrogen and oxygen atoms in total. The highest BCUT2D eigenvalue weighted by molar-refractivity contribution is 6.01. The second-order valence-electron chi connectivity index (χ2n) is 31.0. The molecular formula is C76H121N13O16. The second-order valence-corrected chi connectivity index (χ2v) is 31.0. The van der Waals surface area contributed by atoms with Crippen LogP contribution in [-0.2, 0) is 68.7 Å². The average Bonchev–Trinajstić information content (AvgIpc) is 1.75. The van der Waals surface area contributed by atoms with Crippen LogP contribution in [0.25, 0.3) is 10.9 Å². The molecule has 105 heavy (non-hydrogen) atoms. The van der Waals surface area contributed by atoms with Gasteiger partial charge in [-0.25, -0.2) is 4.79 Å². The molecule has 0 saturated carbocycles. The first-order chi connectivity index (χ1) is 48.8. The summed E-state index contributed by atoms with van der Waals surface area (Å²) in [6.07, 6.45) is -3.76. The third-order valence-corrected chi connectivity index (χ3v) is 19.5. The van der Waals surface area contributed by atoms with Crippen LogP contribution in [0.3, 0.4) is 0 Å². The number of hydrogen-bond donors (Lipinski definition) is 10. The van der Waals surface area contributed by atoms with Crippen molar-refractivity contribution < 1.29 is 77.2 Å². The van der Waals surface area contributed by atoms with Gasteiger partial charge in [0.25, 0.3) is 0 Å². The summed E-state index contributed by atoms with van der Waals surface area (Å²) >= 11 is 0. The zero-order valence-electron chi connectivity index (χ0n) is 66.2. The van der Waals surface area contributed by atoms with E-state index in [2.05, 4.69) is 42.2 Å². The standard InChI is InChI=1S/C76H121N13O16/c1-37(2)34-50-65(92)80-57(41(9)10)73(100)88(23)62(44(15)16)75(102)87(22)51(35-48-36-77-49-32-29-33-52(104-25)53(48)49)66(93)78-54(38(3)4)68(95)84-60(64(91)47-30-27-26-28-31-47)69(96)82-58(42(11)12)76(103)105-46(18)59(83-67(94)55(39(5)6)79-70(97)61(43(13)14)85(19)20)74(101)89(24)63(45(17)90)71(98)81-56(40(7)8)72(99)86(50)21/h26-33,36-46,50-51,54-64,77,90-91H,34-35H2,1-25H3,(H,78,93)(H,79,97)(H,80,92)(H,81,98)(H,82,96)(H,83,94)(H,84,95). The van der Waals surface area contributed by atoms with Crippen LogP contribution in [0.15, 0.2) is 54.7 Å². The maximum absolute atomic E-state index is 15.6. The van der Waals surface area contributed by atoms with Crippen molar-refractivity contribution in [2.75, 3.05) is 49.4 Å². The van der Waals surface area contributed by atoms with Crippen LogP contribution in [0.4, 0.5) is 0 Å². The number of aliphatic hydroxyl groups is 2. The van der Waals surface area contributed by atoms with E-state index in [-0.39, 0.29) is 30.2 Å². The molecule has 15 atom stereocenters. The smallest absolute Gasteiger partial charge is 0.329 e. The molecule has 2 heterocycles. The summed E-state index contributed by atoms with van der Waals surface area (Å²) in [5, 5.41) is 43.5. The summed E-state index contributed by atoms with van der Waals surface area (Å²) in [7, 11) is 10.2. The third-order valence-electron chi connectivity index (χ3n) is 19.5. The van der Waals surface area contributed by atoms with Crippen LogP contribution in [0.5, 0.6) is 5.75 Å². The Morgan fingerprint density at radius 1 is 0.543 bits per heavy atom. The minimum atomic E-state index is -1.94. The number of nitrogens with zero attached hydrogens (tertiary/aromatic N) is 5. The summed E-state index contributed by atoms with van der Waals surface area (Å²) in [6, 6.07) is -4.69. The molecule has 0 bridgehead atoms. The Balaban J connectivity index is 2.07. The van der Waals surface area contributed by atoms with Gasteiger partial charge in [0.05, 0.1) is 19.3 Å². The number of hydrogen-bond acceptors (Lipinski definition) is 17. The number of benzene rings is 2. The van der Waals surface area contributed by atoms with E-state index in [4.69, 9.17) is 9.47 Å². The quantitative estimate of drug-likeness (QED) is 0.0727. The number of aliphatic hydroxyl groups excluding tert-OH is 2. The lowest BCUT2D eigenvalue weighted by Gasteiger charge is -2.39. The number of fused-ring (bicyclic) bond motifs is 1. The molecule has 10 N–H and O–H groups in total. The van der Waals surface area contributed by atoms with Gasteiger partial charge in [-0.1, -0.05) is 147 Å². The van der Waals surface area contributed by atoms with E-state index in [1.54, 1.807) is 145 Å². The van der Waals surface area contributed by atoms with E-state index < -0.39 is 197 Å². The van der Waals surface area contributed by atoms with E-state index in [0.29, 0.717) is 22.2 Å². The highest BCUT2D eigenvalue weighted by Crippen LogP contribution is 2.31. The van der Waals surface area contributed by atoms with E-state index >= 15 is 38.4 Å². The number of carbonyl (C=O) groups is 12. The first-order valence-corrected chi connectivity index (χ1v) is 36.4. The topological polar surface area (TPSA) is 380 Å². The zero-order valence-corrected chi connectivity index (χ0v) is 66.2. The van der Waals surface area contributed by atoms with E-state index in [1.165, 1.54) is 64.0 Å². The molecule has 1 aliphatic rings. The summed E-state index contributed by atoms with van der Waals surface area (Å²) in [5.41, 5.74) is 1.30. The van der Waals surface area contributed by atoms with Gasteiger partial charge in [-0.2, -0.15) is 0 Å².